The summed E-state index contributed by atoms with van der Waals surface area (Å²) in [5, 5.41) is 30.4. The minimum atomic E-state index is -4.04. The van der Waals surface area contributed by atoms with Gasteiger partial charge in [-0.3, -0.25) is 0 Å². The Morgan fingerprint density at radius 3 is 1.59 bits per heavy atom. The lowest BCUT2D eigenvalue weighted by Crippen LogP contribution is -2.34. The number of amides is 2. The standard InChI is InChI=1S/C20H28N2O4S2.C7H11NO3S2/c1-12(2)15-8-7-9-16(13(3)4)18(15)21-19(23)22-28(25,26)17-10-14(11-27-17)20(5,6)24;1-7(2,9)5-3-6(12-4-5)13(8,10)11/h7-13,24H,1-6H3,(H2,21,22,23);3-4,9H,1-2H3,(H2,8,10,11). The summed E-state index contributed by atoms with van der Waals surface area (Å²) in [6, 6.07) is 7.74. The maximum absolute atomic E-state index is 12.6. The van der Waals surface area contributed by atoms with E-state index in [0.717, 1.165) is 33.8 Å². The number of rotatable bonds is 8. The van der Waals surface area contributed by atoms with Crippen molar-refractivity contribution in [3.05, 3.63) is 63.3 Å². The maximum Gasteiger partial charge on any atom is 0.333 e. The van der Waals surface area contributed by atoms with Gasteiger partial charge in [0, 0.05) is 5.69 Å². The van der Waals surface area contributed by atoms with Crippen LogP contribution in [0.3, 0.4) is 0 Å². The molecule has 0 aliphatic rings. The van der Waals surface area contributed by atoms with Gasteiger partial charge >= 0.3 is 6.03 Å². The molecule has 0 fully saturated rings. The van der Waals surface area contributed by atoms with Gasteiger partial charge in [0.15, 0.2) is 0 Å². The summed E-state index contributed by atoms with van der Waals surface area (Å²) in [5.41, 5.74) is 1.38. The van der Waals surface area contributed by atoms with Crippen LogP contribution < -0.4 is 15.2 Å². The number of nitrogens with two attached hydrogens (primary N) is 1. The number of urea groups is 1. The van der Waals surface area contributed by atoms with E-state index in [1.165, 1.54) is 12.1 Å². The van der Waals surface area contributed by atoms with E-state index in [9.17, 15) is 31.8 Å². The van der Waals surface area contributed by atoms with Crippen LogP contribution in [0.25, 0.3) is 0 Å². The Balaban J connectivity index is 0.000000377. The molecule has 14 heteroatoms. The Labute approximate surface area is 250 Å². The molecule has 2 aromatic heterocycles. The maximum atomic E-state index is 12.6. The molecule has 3 rings (SSSR count). The number of primary sulfonamides is 1. The molecule has 0 bridgehead atoms. The molecule has 0 atom stereocenters. The zero-order valence-electron chi connectivity index (χ0n) is 24.3. The molecule has 0 radical (unpaired) electrons. The molecule has 41 heavy (non-hydrogen) atoms. The first-order valence-corrected chi connectivity index (χ1v) is 17.4. The predicted octanol–water partition coefficient (Wildman–Crippen LogP) is 5.36. The quantitative estimate of drug-likeness (QED) is 0.219. The highest BCUT2D eigenvalue weighted by atomic mass is 32.3. The van der Waals surface area contributed by atoms with Crippen molar-refractivity contribution in [1.29, 1.82) is 0 Å². The van der Waals surface area contributed by atoms with Crippen molar-refractivity contribution in [3.8, 4) is 0 Å². The number of anilines is 1. The summed E-state index contributed by atoms with van der Waals surface area (Å²) in [6.07, 6.45) is 0. The number of thiophene rings is 2. The highest BCUT2D eigenvalue weighted by molar-refractivity contribution is 7.92. The summed E-state index contributed by atoms with van der Waals surface area (Å²) < 4.78 is 49.0. The molecule has 3 aromatic rings. The van der Waals surface area contributed by atoms with Gasteiger partial charge in [0.2, 0.25) is 10.0 Å². The molecule has 0 spiro atoms. The minimum Gasteiger partial charge on any atom is -0.386 e. The fourth-order valence-electron chi connectivity index (χ4n) is 3.57. The third-order valence-electron chi connectivity index (χ3n) is 5.95. The molecular weight excluding hydrogens is 607 g/mol. The first-order valence-electron chi connectivity index (χ1n) is 12.7. The second-order valence-electron chi connectivity index (χ2n) is 11.2. The number of sulfonamides is 2. The molecule has 0 saturated carbocycles. The molecule has 0 saturated heterocycles. The van der Waals surface area contributed by atoms with Crippen LogP contribution in [-0.2, 0) is 31.2 Å². The van der Waals surface area contributed by atoms with Crippen molar-refractivity contribution in [3.63, 3.8) is 0 Å². The largest absolute Gasteiger partial charge is 0.386 e. The van der Waals surface area contributed by atoms with Gasteiger partial charge in [-0.25, -0.2) is 31.5 Å². The van der Waals surface area contributed by atoms with Gasteiger partial charge in [-0.15, -0.1) is 22.7 Å². The number of para-hydroxylation sites is 1. The molecule has 2 heterocycles. The lowest BCUT2D eigenvalue weighted by atomic mass is 9.93. The van der Waals surface area contributed by atoms with E-state index in [1.807, 2.05) is 45.9 Å². The average molecular weight is 646 g/mol. The van der Waals surface area contributed by atoms with Crippen molar-refractivity contribution in [2.75, 3.05) is 5.32 Å². The second kappa shape index (κ2) is 12.9. The van der Waals surface area contributed by atoms with Crippen molar-refractivity contribution in [2.24, 2.45) is 5.14 Å². The number of benzene rings is 1. The van der Waals surface area contributed by atoms with Gasteiger partial charge in [0.1, 0.15) is 8.42 Å². The van der Waals surface area contributed by atoms with E-state index in [4.69, 9.17) is 5.14 Å². The van der Waals surface area contributed by atoms with Gasteiger partial charge in [0.05, 0.1) is 11.2 Å². The minimum absolute atomic E-state index is 0.0268. The van der Waals surface area contributed by atoms with Crippen LogP contribution in [0.4, 0.5) is 10.5 Å². The highest BCUT2D eigenvalue weighted by Crippen LogP contribution is 2.33. The third kappa shape index (κ3) is 9.60. The Morgan fingerprint density at radius 1 is 0.829 bits per heavy atom. The van der Waals surface area contributed by atoms with Gasteiger partial charge in [-0.2, -0.15) is 0 Å². The Kier molecular flexibility index (Phi) is 11.0. The average Bonchev–Trinajstić information content (AvgIpc) is 3.49. The predicted molar refractivity (Wildman–Crippen MR) is 164 cm³/mol. The van der Waals surface area contributed by atoms with Crippen LogP contribution in [0.1, 0.15) is 89.5 Å². The number of hydrogen-bond acceptors (Lipinski definition) is 9. The molecule has 0 aliphatic carbocycles. The molecule has 1 aromatic carbocycles. The number of hydrogen-bond donors (Lipinski definition) is 5. The second-order valence-corrected chi connectivity index (χ2v) is 16.7. The molecule has 2 amide bonds. The van der Waals surface area contributed by atoms with Crippen LogP contribution in [0, 0.1) is 0 Å². The van der Waals surface area contributed by atoms with Crippen molar-refractivity contribution in [2.45, 2.75) is 86.8 Å². The smallest absolute Gasteiger partial charge is 0.333 e. The topological polar surface area (TPSA) is 176 Å². The van der Waals surface area contributed by atoms with E-state index in [1.54, 1.807) is 38.5 Å². The number of carbonyl (C=O) groups excluding carboxylic acids is 1. The number of carbonyl (C=O) groups is 1. The van der Waals surface area contributed by atoms with E-state index >= 15 is 0 Å². The van der Waals surface area contributed by atoms with Crippen molar-refractivity contribution < 1.29 is 31.8 Å². The number of nitrogens with one attached hydrogen (secondary N) is 2. The Hall–Kier alpha value is -2.33. The van der Waals surface area contributed by atoms with Crippen molar-refractivity contribution >= 4 is 54.4 Å². The van der Waals surface area contributed by atoms with Crippen LogP contribution >= 0.6 is 22.7 Å². The Bertz CT molecular complexity index is 1550. The third-order valence-corrected chi connectivity index (χ3v) is 11.1. The highest BCUT2D eigenvalue weighted by Gasteiger charge is 2.26. The van der Waals surface area contributed by atoms with E-state index < -0.39 is 37.3 Å². The van der Waals surface area contributed by atoms with Gasteiger partial charge in [-0.1, -0.05) is 45.9 Å². The van der Waals surface area contributed by atoms with Crippen LogP contribution in [-0.4, -0.2) is 33.1 Å². The van der Waals surface area contributed by atoms with E-state index in [2.05, 4.69) is 10.0 Å². The molecule has 10 nitrogen and oxygen atoms in total. The molecule has 0 aliphatic heterocycles. The summed E-state index contributed by atoms with van der Waals surface area (Å²) in [4.78, 5) is 12.5. The zero-order valence-corrected chi connectivity index (χ0v) is 27.6. The number of aliphatic hydroxyl groups is 2. The van der Waals surface area contributed by atoms with E-state index in [0.29, 0.717) is 16.8 Å². The normalized spacial score (nSPS) is 12.7. The van der Waals surface area contributed by atoms with Gasteiger partial charge in [0.25, 0.3) is 10.0 Å². The molecule has 0 unspecified atom stereocenters. The summed E-state index contributed by atoms with van der Waals surface area (Å²) in [7, 11) is -7.67. The molecule has 6 N–H and O–H groups in total. The lowest BCUT2D eigenvalue weighted by Gasteiger charge is -2.20. The SMILES string of the molecule is CC(C)(O)c1csc(S(N)(=O)=O)c1.CC(C)c1cccc(C(C)C)c1NC(=O)NS(=O)(=O)c1cc(C(C)(C)O)cs1. The van der Waals surface area contributed by atoms with Crippen molar-refractivity contribution in [1.82, 2.24) is 4.72 Å². The van der Waals surface area contributed by atoms with Crippen LogP contribution in [0.2, 0.25) is 0 Å². The monoisotopic (exact) mass is 645 g/mol. The van der Waals surface area contributed by atoms with Gasteiger partial charge < -0.3 is 15.5 Å². The Morgan fingerprint density at radius 2 is 1.24 bits per heavy atom. The van der Waals surface area contributed by atoms with Crippen LogP contribution in [0.15, 0.2) is 49.5 Å². The molecule has 228 valence electrons. The summed E-state index contributed by atoms with van der Waals surface area (Å²) >= 11 is 1.97. The zero-order chi connectivity index (χ0) is 31.6. The summed E-state index contributed by atoms with van der Waals surface area (Å²) in [5.74, 6) is 0.328. The molecular formula is C27H39N3O7S4. The van der Waals surface area contributed by atoms with E-state index in [-0.39, 0.29) is 20.3 Å². The first kappa shape index (κ1) is 34.9. The lowest BCUT2D eigenvalue weighted by molar-refractivity contribution is 0.0784. The summed E-state index contributed by atoms with van der Waals surface area (Å²) in [6.45, 7) is 14.4. The fraction of sp³-hybridized carbons (Fsp3) is 0.444. The first-order chi connectivity index (χ1) is 18.5. The van der Waals surface area contributed by atoms with Gasteiger partial charge in [-0.05, 0) is 84.7 Å². The van der Waals surface area contributed by atoms with Crippen LogP contribution in [0.5, 0.6) is 0 Å². The fourth-order valence-corrected chi connectivity index (χ4v) is 7.59.